The highest BCUT2D eigenvalue weighted by Gasteiger charge is 2.21. The van der Waals surface area contributed by atoms with Gasteiger partial charge in [0.1, 0.15) is 5.82 Å². The Morgan fingerprint density at radius 2 is 2.11 bits per heavy atom. The molecule has 0 bridgehead atoms. The van der Waals surface area contributed by atoms with Gasteiger partial charge in [0.05, 0.1) is 12.1 Å². The number of amides is 1. The standard InChI is InChI=1S/C14H21FN2O/c1-4-9(2)13(16)14(18)17-10(3)11-6-5-7-12(15)8-11/h5-10,13H,4,16H2,1-3H3,(H,17,18)/t9-,10-,13-/m0/s1. The van der Waals surface area contributed by atoms with Crippen LogP contribution in [0.25, 0.3) is 0 Å². The van der Waals surface area contributed by atoms with Crippen LogP contribution in [-0.2, 0) is 4.79 Å². The van der Waals surface area contributed by atoms with Crippen LogP contribution in [0.4, 0.5) is 4.39 Å². The molecule has 100 valence electrons. The van der Waals surface area contributed by atoms with Crippen LogP contribution in [0, 0.1) is 11.7 Å². The number of hydrogen-bond donors (Lipinski definition) is 2. The summed E-state index contributed by atoms with van der Waals surface area (Å²) >= 11 is 0. The second-order valence-electron chi connectivity index (χ2n) is 4.70. The summed E-state index contributed by atoms with van der Waals surface area (Å²) in [5.41, 5.74) is 6.58. The molecule has 4 heteroatoms. The molecule has 3 nitrogen and oxygen atoms in total. The van der Waals surface area contributed by atoms with E-state index in [4.69, 9.17) is 5.73 Å². The first-order chi connectivity index (χ1) is 8.45. The Morgan fingerprint density at radius 1 is 1.44 bits per heavy atom. The van der Waals surface area contributed by atoms with Gasteiger partial charge in [-0.05, 0) is 30.5 Å². The third-order valence-electron chi connectivity index (χ3n) is 3.27. The fraction of sp³-hybridized carbons (Fsp3) is 0.500. The van der Waals surface area contributed by atoms with E-state index in [9.17, 15) is 9.18 Å². The molecule has 0 aliphatic heterocycles. The lowest BCUT2D eigenvalue weighted by Gasteiger charge is -2.21. The molecule has 0 saturated carbocycles. The molecule has 0 radical (unpaired) electrons. The van der Waals surface area contributed by atoms with E-state index in [2.05, 4.69) is 5.32 Å². The third-order valence-corrected chi connectivity index (χ3v) is 3.27. The van der Waals surface area contributed by atoms with Gasteiger partial charge in [0.15, 0.2) is 0 Å². The summed E-state index contributed by atoms with van der Waals surface area (Å²) in [6.07, 6.45) is 0.850. The topological polar surface area (TPSA) is 55.1 Å². The van der Waals surface area contributed by atoms with E-state index in [0.29, 0.717) is 0 Å². The summed E-state index contributed by atoms with van der Waals surface area (Å²) in [6.45, 7) is 5.75. The molecule has 18 heavy (non-hydrogen) atoms. The largest absolute Gasteiger partial charge is 0.348 e. The van der Waals surface area contributed by atoms with E-state index >= 15 is 0 Å². The molecule has 0 unspecified atom stereocenters. The molecule has 3 N–H and O–H groups in total. The van der Waals surface area contributed by atoms with Crippen molar-refractivity contribution in [2.24, 2.45) is 11.7 Å². The molecule has 0 fully saturated rings. The summed E-state index contributed by atoms with van der Waals surface area (Å²) in [6, 6.07) is 5.43. The Hall–Kier alpha value is -1.42. The summed E-state index contributed by atoms with van der Waals surface area (Å²) in [7, 11) is 0. The lowest BCUT2D eigenvalue weighted by molar-refractivity contribution is -0.124. The summed E-state index contributed by atoms with van der Waals surface area (Å²) < 4.78 is 13.1. The average Bonchev–Trinajstić information content (AvgIpc) is 2.36. The van der Waals surface area contributed by atoms with E-state index in [1.807, 2.05) is 20.8 Å². The molecule has 3 atom stereocenters. The number of benzene rings is 1. The second-order valence-corrected chi connectivity index (χ2v) is 4.70. The molecule has 0 aromatic heterocycles. The van der Waals surface area contributed by atoms with Crippen molar-refractivity contribution in [3.8, 4) is 0 Å². The lowest BCUT2D eigenvalue weighted by Crippen LogP contribution is -2.45. The van der Waals surface area contributed by atoms with E-state index in [-0.39, 0.29) is 23.7 Å². The molecule has 1 aromatic carbocycles. The fourth-order valence-electron chi connectivity index (χ4n) is 1.68. The lowest BCUT2D eigenvalue weighted by atomic mass is 9.98. The number of nitrogens with two attached hydrogens (primary N) is 1. The SMILES string of the molecule is CC[C@H](C)[C@H](N)C(=O)N[C@@H](C)c1cccc(F)c1. The first-order valence-corrected chi connectivity index (χ1v) is 6.27. The predicted octanol–water partition coefficient (Wildman–Crippen LogP) is 2.38. The van der Waals surface area contributed by atoms with Crippen molar-refractivity contribution in [2.75, 3.05) is 0 Å². The van der Waals surface area contributed by atoms with E-state index < -0.39 is 6.04 Å². The molecule has 0 heterocycles. The van der Waals surface area contributed by atoms with Crippen LogP contribution in [0.2, 0.25) is 0 Å². The van der Waals surface area contributed by atoms with Crippen LogP contribution in [0.3, 0.4) is 0 Å². The minimum absolute atomic E-state index is 0.129. The van der Waals surface area contributed by atoms with E-state index in [1.54, 1.807) is 12.1 Å². The van der Waals surface area contributed by atoms with Gasteiger partial charge in [-0.15, -0.1) is 0 Å². The maximum atomic E-state index is 13.1. The Kier molecular flexibility index (Phi) is 5.28. The summed E-state index contributed by atoms with van der Waals surface area (Å²) in [5, 5.41) is 2.81. The van der Waals surface area contributed by atoms with Crippen LogP contribution in [0.15, 0.2) is 24.3 Å². The van der Waals surface area contributed by atoms with Crippen LogP contribution in [0.5, 0.6) is 0 Å². The minimum atomic E-state index is -0.522. The van der Waals surface area contributed by atoms with Gasteiger partial charge in [-0.2, -0.15) is 0 Å². The van der Waals surface area contributed by atoms with Gasteiger partial charge in [-0.25, -0.2) is 4.39 Å². The molecule has 1 aromatic rings. The van der Waals surface area contributed by atoms with Crippen molar-refractivity contribution < 1.29 is 9.18 Å². The summed E-state index contributed by atoms with van der Waals surface area (Å²) in [5.74, 6) is -0.370. The molecule has 1 rings (SSSR count). The first kappa shape index (κ1) is 14.6. The van der Waals surface area contributed by atoms with Crippen molar-refractivity contribution in [3.63, 3.8) is 0 Å². The zero-order valence-electron chi connectivity index (χ0n) is 11.1. The highest BCUT2D eigenvalue weighted by molar-refractivity contribution is 5.82. The highest BCUT2D eigenvalue weighted by Crippen LogP contribution is 2.14. The number of rotatable bonds is 5. The summed E-state index contributed by atoms with van der Waals surface area (Å²) in [4.78, 5) is 11.9. The van der Waals surface area contributed by atoms with Gasteiger partial charge < -0.3 is 11.1 Å². The second kappa shape index (κ2) is 6.50. The van der Waals surface area contributed by atoms with E-state index in [1.165, 1.54) is 12.1 Å². The monoisotopic (exact) mass is 252 g/mol. The maximum absolute atomic E-state index is 13.1. The van der Waals surface area contributed by atoms with Gasteiger partial charge in [0, 0.05) is 0 Å². The molecular formula is C14H21FN2O. The third kappa shape index (κ3) is 3.81. The number of hydrogen-bond acceptors (Lipinski definition) is 2. The normalized spacial score (nSPS) is 15.8. The molecule has 0 saturated heterocycles. The Balaban J connectivity index is 2.65. The number of carbonyl (C=O) groups is 1. The van der Waals surface area contributed by atoms with Crippen LogP contribution >= 0.6 is 0 Å². The van der Waals surface area contributed by atoms with Crippen LogP contribution in [0.1, 0.15) is 38.8 Å². The minimum Gasteiger partial charge on any atom is -0.348 e. The molecule has 1 amide bonds. The average molecular weight is 252 g/mol. The van der Waals surface area contributed by atoms with Gasteiger partial charge in [0.2, 0.25) is 5.91 Å². The van der Waals surface area contributed by atoms with Crippen molar-refractivity contribution in [3.05, 3.63) is 35.6 Å². The zero-order valence-corrected chi connectivity index (χ0v) is 11.1. The van der Waals surface area contributed by atoms with Crippen LogP contribution < -0.4 is 11.1 Å². The molecule has 0 spiro atoms. The Bertz CT molecular complexity index is 409. The van der Waals surface area contributed by atoms with E-state index in [0.717, 1.165) is 12.0 Å². The number of halogens is 1. The predicted molar refractivity (Wildman–Crippen MR) is 70.4 cm³/mol. The first-order valence-electron chi connectivity index (χ1n) is 6.27. The molecular weight excluding hydrogens is 231 g/mol. The van der Waals surface area contributed by atoms with Crippen LogP contribution in [-0.4, -0.2) is 11.9 Å². The van der Waals surface area contributed by atoms with Gasteiger partial charge in [-0.3, -0.25) is 4.79 Å². The van der Waals surface area contributed by atoms with Crippen molar-refractivity contribution in [2.45, 2.75) is 39.3 Å². The fourth-order valence-corrected chi connectivity index (χ4v) is 1.68. The molecule has 0 aliphatic carbocycles. The van der Waals surface area contributed by atoms with Gasteiger partial charge in [-0.1, -0.05) is 32.4 Å². The zero-order chi connectivity index (χ0) is 13.7. The smallest absolute Gasteiger partial charge is 0.237 e. The molecule has 0 aliphatic rings. The Morgan fingerprint density at radius 3 is 2.67 bits per heavy atom. The van der Waals surface area contributed by atoms with Gasteiger partial charge in [0.25, 0.3) is 0 Å². The van der Waals surface area contributed by atoms with Crippen molar-refractivity contribution in [1.29, 1.82) is 0 Å². The maximum Gasteiger partial charge on any atom is 0.237 e. The van der Waals surface area contributed by atoms with Crippen molar-refractivity contribution in [1.82, 2.24) is 5.32 Å². The number of carbonyl (C=O) groups excluding carboxylic acids is 1. The van der Waals surface area contributed by atoms with Crippen molar-refractivity contribution >= 4 is 5.91 Å². The van der Waals surface area contributed by atoms with Gasteiger partial charge >= 0.3 is 0 Å². The quantitative estimate of drug-likeness (QED) is 0.845. The Labute approximate surface area is 108 Å². The highest BCUT2D eigenvalue weighted by atomic mass is 19.1. The number of nitrogens with one attached hydrogen (secondary N) is 1.